The lowest BCUT2D eigenvalue weighted by Crippen LogP contribution is -2.34. The van der Waals surface area contributed by atoms with Gasteiger partial charge in [0, 0.05) is 5.56 Å². The maximum Gasteiger partial charge on any atom is 0.253 e. The number of fused-ring (bicyclic) bond motifs is 2. The van der Waals surface area contributed by atoms with Gasteiger partial charge in [-0.25, -0.2) is 9.40 Å². The molecular formula is C27H22FN5OS. The van der Waals surface area contributed by atoms with Crippen molar-refractivity contribution in [3.05, 3.63) is 107 Å². The summed E-state index contributed by atoms with van der Waals surface area (Å²) in [5.41, 5.74) is 9.94. The molecule has 4 aromatic rings. The van der Waals surface area contributed by atoms with Crippen LogP contribution in [0, 0.1) is 5.82 Å². The largest absolute Gasteiger partial charge is 0.491 e. The Labute approximate surface area is 206 Å². The Morgan fingerprint density at radius 2 is 1.71 bits per heavy atom. The number of rotatable bonds is 4. The summed E-state index contributed by atoms with van der Waals surface area (Å²) in [6, 6.07) is 24.1. The van der Waals surface area contributed by atoms with E-state index in [1.807, 2.05) is 53.5 Å². The van der Waals surface area contributed by atoms with Crippen molar-refractivity contribution in [2.75, 3.05) is 5.01 Å². The van der Waals surface area contributed by atoms with Crippen LogP contribution in [0.2, 0.25) is 0 Å². The molecule has 0 unspecified atom stereocenters. The zero-order valence-corrected chi connectivity index (χ0v) is 19.5. The first-order chi connectivity index (χ1) is 17.2. The highest BCUT2D eigenvalue weighted by Crippen LogP contribution is 2.48. The van der Waals surface area contributed by atoms with Crippen LogP contribution in [0.3, 0.4) is 0 Å². The summed E-state index contributed by atoms with van der Waals surface area (Å²) >= 11 is 1.25. The molecule has 0 saturated heterocycles. The normalized spacial score (nSPS) is 17.3. The number of nitrogens with one attached hydrogen (secondary N) is 1. The number of hydrazine groups is 1. The average molecular weight is 484 g/mol. The molecule has 35 heavy (non-hydrogen) atoms. The number of aryl methyl sites for hydroxylation is 1. The molecule has 0 amide bonds. The molecule has 2 heterocycles. The van der Waals surface area contributed by atoms with Gasteiger partial charge in [0.1, 0.15) is 11.9 Å². The molecule has 6 rings (SSSR count). The van der Waals surface area contributed by atoms with E-state index in [4.69, 9.17) is 0 Å². The van der Waals surface area contributed by atoms with E-state index in [9.17, 15) is 9.50 Å². The highest BCUT2D eigenvalue weighted by atomic mass is 32.1. The zero-order chi connectivity index (χ0) is 23.8. The molecule has 1 aliphatic heterocycles. The van der Waals surface area contributed by atoms with E-state index in [1.54, 1.807) is 0 Å². The molecule has 174 valence electrons. The number of hydrogen-bond acceptors (Lipinski definition) is 7. The SMILES string of the molecule is Oc1nc(N2NC3=C(CCCc4ccccc43)[C@@H]2c2ccc(F)cc2)sc1N=Nc1ccccc1. The van der Waals surface area contributed by atoms with Gasteiger partial charge in [-0.05, 0) is 60.2 Å². The van der Waals surface area contributed by atoms with E-state index in [2.05, 4.69) is 38.8 Å². The van der Waals surface area contributed by atoms with E-state index in [0.717, 1.165) is 30.5 Å². The van der Waals surface area contributed by atoms with Crippen LogP contribution in [0.1, 0.15) is 35.6 Å². The first-order valence-electron chi connectivity index (χ1n) is 11.5. The van der Waals surface area contributed by atoms with E-state index >= 15 is 0 Å². The quantitative estimate of drug-likeness (QED) is 0.301. The molecule has 3 aromatic carbocycles. The standard InChI is InChI=1S/C27H22FN5OS/c28-19-15-13-18(14-16-19)24-22-12-6-8-17-7-4-5-11-21(17)23(22)32-33(24)27-29-25(34)26(35-27)31-30-20-9-2-1-3-10-20/h1-5,7,9-11,13-16,24,32,34H,6,8,12H2/t24-/m0/s1. The Morgan fingerprint density at radius 1 is 0.943 bits per heavy atom. The first-order valence-corrected chi connectivity index (χ1v) is 12.3. The molecule has 8 heteroatoms. The molecular weight excluding hydrogens is 461 g/mol. The summed E-state index contributed by atoms with van der Waals surface area (Å²) in [6.07, 6.45) is 2.92. The zero-order valence-electron chi connectivity index (χ0n) is 18.7. The monoisotopic (exact) mass is 483 g/mol. The number of benzene rings is 3. The maximum atomic E-state index is 13.8. The van der Waals surface area contributed by atoms with Gasteiger partial charge in [-0.1, -0.05) is 65.9 Å². The number of nitrogens with zero attached hydrogens (tertiary/aromatic N) is 4. The van der Waals surface area contributed by atoms with E-state index in [-0.39, 0.29) is 17.7 Å². The molecule has 0 fully saturated rings. The van der Waals surface area contributed by atoms with Crippen LogP contribution >= 0.6 is 11.3 Å². The fraction of sp³-hybridized carbons (Fsp3) is 0.148. The van der Waals surface area contributed by atoms with Crippen molar-refractivity contribution in [2.45, 2.75) is 25.3 Å². The van der Waals surface area contributed by atoms with Crippen LogP contribution in [0.15, 0.2) is 94.7 Å². The van der Waals surface area contributed by atoms with E-state index < -0.39 is 0 Å². The van der Waals surface area contributed by atoms with Crippen LogP contribution in [0.4, 0.5) is 20.2 Å². The molecule has 0 saturated carbocycles. The minimum absolute atomic E-state index is 0.174. The Bertz CT molecular complexity index is 1430. The van der Waals surface area contributed by atoms with Gasteiger partial charge >= 0.3 is 0 Å². The van der Waals surface area contributed by atoms with Gasteiger partial charge in [0.2, 0.25) is 10.1 Å². The number of aromatic nitrogens is 1. The van der Waals surface area contributed by atoms with Crippen LogP contribution in [-0.2, 0) is 6.42 Å². The third-order valence-corrected chi connectivity index (χ3v) is 7.23. The number of azo groups is 1. The van der Waals surface area contributed by atoms with Crippen LogP contribution in [-0.4, -0.2) is 10.1 Å². The highest BCUT2D eigenvalue weighted by molar-refractivity contribution is 7.19. The lowest BCUT2D eigenvalue weighted by molar-refractivity contribution is 0.457. The molecule has 1 atom stereocenters. The van der Waals surface area contributed by atoms with Gasteiger partial charge in [0.25, 0.3) is 5.88 Å². The van der Waals surface area contributed by atoms with Crippen LogP contribution in [0.25, 0.3) is 5.70 Å². The van der Waals surface area contributed by atoms with Crippen molar-refractivity contribution in [3.63, 3.8) is 0 Å². The van der Waals surface area contributed by atoms with Crippen molar-refractivity contribution >= 4 is 32.9 Å². The summed E-state index contributed by atoms with van der Waals surface area (Å²) in [4.78, 5) is 4.42. The molecule has 1 aliphatic carbocycles. The Morgan fingerprint density at radius 3 is 2.54 bits per heavy atom. The highest BCUT2D eigenvalue weighted by Gasteiger charge is 2.38. The Hall–Kier alpha value is -4.04. The smallest absolute Gasteiger partial charge is 0.253 e. The number of halogens is 1. The first kappa shape index (κ1) is 21.5. The molecule has 1 aromatic heterocycles. The Balaban J connectivity index is 1.41. The topological polar surface area (TPSA) is 73.1 Å². The van der Waals surface area contributed by atoms with Crippen molar-refractivity contribution in [1.29, 1.82) is 0 Å². The third kappa shape index (κ3) is 4.06. The number of aromatic hydroxyl groups is 1. The number of anilines is 1. The van der Waals surface area contributed by atoms with Crippen molar-refractivity contribution in [1.82, 2.24) is 10.4 Å². The molecule has 2 aliphatic rings. The van der Waals surface area contributed by atoms with Gasteiger partial charge < -0.3 is 5.11 Å². The third-order valence-electron chi connectivity index (χ3n) is 6.31. The van der Waals surface area contributed by atoms with Crippen LogP contribution < -0.4 is 10.4 Å². The van der Waals surface area contributed by atoms with Crippen molar-refractivity contribution in [3.8, 4) is 5.88 Å². The molecule has 6 nitrogen and oxygen atoms in total. The lowest BCUT2D eigenvalue weighted by Gasteiger charge is -2.27. The lowest BCUT2D eigenvalue weighted by atomic mass is 9.94. The van der Waals surface area contributed by atoms with Crippen molar-refractivity contribution < 1.29 is 9.50 Å². The fourth-order valence-corrected chi connectivity index (χ4v) is 5.48. The second kappa shape index (κ2) is 8.96. The van der Waals surface area contributed by atoms with Crippen molar-refractivity contribution in [2.24, 2.45) is 10.2 Å². The van der Waals surface area contributed by atoms with E-state index in [1.165, 1.54) is 40.2 Å². The summed E-state index contributed by atoms with van der Waals surface area (Å²) < 4.78 is 13.8. The minimum atomic E-state index is -0.276. The van der Waals surface area contributed by atoms with E-state index in [0.29, 0.717) is 15.8 Å². The predicted molar refractivity (Wildman–Crippen MR) is 135 cm³/mol. The maximum absolute atomic E-state index is 13.8. The average Bonchev–Trinajstić information content (AvgIpc) is 3.39. The van der Waals surface area contributed by atoms with Gasteiger partial charge in [-0.3, -0.25) is 5.43 Å². The minimum Gasteiger partial charge on any atom is -0.491 e. The molecule has 0 bridgehead atoms. The fourth-order valence-electron chi connectivity index (χ4n) is 4.71. The summed E-state index contributed by atoms with van der Waals surface area (Å²) in [5.74, 6) is -0.450. The number of hydrogen-bond donors (Lipinski definition) is 2. The second-order valence-corrected chi connectivity index (χ2v) is 9.46. The second-order valence-electron chi connectivity index (χ2n) is 8.51. The molecule has 2 N–H and O–H groups in total. The van der Waals surface area contributed by atoms with Gasteiger partial charge in [0.05, 0.1) is 11.4 Å². The van der Waals surface area contributed by atoms with Gasteiger partial charge in [0.15, 0.2) is 0 Å². The Kier molecular flexibility index (Phi) is 5.50. The predicted octanol–water partition coefficient (Wildman–Crippen LogP) is 7.22. The summed E-state index contributed by atoms with van der Waals surface area (Å²) in [5, 5.41) is 21.8. The summed E-state index contributed by atoms with van der Waals surface area (Å²) in [7, 11) is 0. The number of thiazole rings is 1. The summed E-state index contributed by atoms with van der Waals surface area (Å²) in [6.45, 7) is 0. The molecule has 0 radical (unpaired) electrons. The van der Waals surface area contributed by atoms with Crippen LogP contribution in [0.5, 0.6) is 5.88 Å². The molecule has 0 spiro atoms. The van der Waals surface area contributed by atoms with Gasteiger partial charge in [-0.2, -0.15) is 4.98 Å². The van der Waals surface area contributed by atoms with Gasteiger partial charge in [-0.15, -0.1) is 10.2 Å².